The Morgan fingerprint density at radius 3 is 1.75 bits per heavy atom. The van der Waals surface area contributed by atoms with Crippen molar-refractivity contribution >= 4 is 0 Å². The first-order valence-electron chi connectivity index (χ1n) is 10.1. The molecule has 0 aliphatic heterocycles. The lowest BCUT2D eigenvalue weighted by atomic mass is 9.97. The summed E-state index contributed by atoms with van der Waals surface area (Å²) in [4.78, 5) is 13.5. The maximum atomic E-state index is 14.1. The minimum atomic E-state index is -0.222. The Hall–Kier alpha value is -2.62. The molecule has 3 heterocycles. The number of halogens is 1. The summed E-state index contributed by atoms with van der Waals surface area (Å²) < 4.78 is 14.1. The second-order valence-electron chi connectivity index (χ2n) is 7.25. The van der Waals surface area contributed by atoms with Gasteiger partial charge < -0.3 is 0 Å². The van der Waals surface area contributed by atoms with Crippen molar-refractivity contribution in [3.05, 3.63) is 87.5 Å². The highest BCUT2D eigenvalue weighted by Gasteiger charge is 2.11. The van der Waals surface area contributed by atoms with Crippen LogP contribution in [0, 0.1) is 12.7 Å². The Balaban J connectivity index is 1.90. The van der Waals surface area contributed by atoms with Gasteiger partial charge in [0.2, 0.25) is 0 Å². The summed E-state index contributed by atoms with van der Waals surface area (Å²) in [5, 5.41) is 0. The number of rotatable bonds is 7. The highest BCUT2D eigenvalue weighted by molar-refractivity contribution is 5.35. The zero-order valence-electron chi connectivity index (χ0n) is 17.2. The molecule has 3 rings (SSSR count). The van der Waals surface area contributed by atoms with Gasteiger partial charge in [-0.2, -0.15) is 0 Å². The average Bonchev–Trinajstić information content (AvgIpc) is 2.69. The number of nitrogens with zero attached hydrogens (tertiary/aromatic N) is 3. The molecule has 0 unspecified atom stereocenters. The third-order valence-electron chi connectivity index (χ3n) is 5.08. The largest absolute Gasteiger partial charge is 0.261 e. The van der Waals surface area contributed by atoms with Crippen molar-refractivity contribution in [2.24, 2.45) is 0 Å². The molecular weight excluding hydrogens is 349 g/mol. The van der Waals surface area contributed by atoms with E-state index in [0.717, 1.165) is 47.3 Å². The Bertz CT molecular complexity index is 966. The lowest BCUT2D eigenvalue weighted by Crippen LogP contribution is -2.04. The van der Waals surface area contributed by atoms with Crippen molar-refractivity contribution in [2.75, 3.05) is 0 Å². The van der Waals surface area contributed by atoms with Gasteiger partial charge in [-0.25, -0.2) is 4.39 Å². The van der Waals surface area contributed by atoms with Crippen molar-refractivity contribution in [3.63, 3.8) is 0 Å². The molecule has 0 amide bonds. The minimum absolute atomic E-state index is 0.222. The number of hydrogen-bond donors (Lipinski definition) is 0. The summed E-state index contributed by atoms with van der Waals surface area (Å²) in [6.45, 7) is 8.22. The Morgan fingerprint density at radius 1 is 0.679 bits per heavy atom. The van der Waals surface area contributed by atoms with Crippen LogP contribution in [0.2, 0.25) is 0 Å². The minimum Gasteiger partial charge on any atom is -0.261 e. The van der Waals surface area contributed by atoms with Crippen molar-refractivity contribution in [2.45, 2.75) is 59.8 Å². The normalized spacial score (nSPS) is 11.0. The van der Waals surface area contributed by atoms with Gasteiger partial charge in [0.05, 0.1) is 5.69 Å². The zero-order chi connectivity index (χ0) is 20.1. The van der Waals surface area contributed by atoms with E-state index >= 15 is 0 Å². The quantitative estimate of drug-likeness (QED) is 0.569. The number of aryl methyl sites for hydroxylation is 4. The molecule has 0 bridgehead atoms. The van der Waals surface area contributed by atoms with E-state index in [1.54, 1.807) is 12.3 Å². The smallest absolute Gasteiger partial charge is 0.144 e. The SMILES string of the molecule is CCc1ncc(Cc2cc(Cc3cc(C)cnc3CC)cnc2CC)cc1F. The molecule has 0 aliphatic carbocycles. The predicted octanol–water partition coefficient (Wildman–Crippen LogP) is 5.19. The van der Waals surface area contributed by atoms with E-state index in [0.29, 0.717) is 18.5 Å². The van der Waals surface area contributed by atoms with Crippen LogP contribution in [-0.4, -0.2) is 15.0 Å². The fourth-order valence-corrected chi connectivity index (χ4v) is 3.59. The first-order valence-corrected chi connectivity index (χ1v) is 10.1. The molecule has 0 fully saturated rings. The van der Waals surface area contributed by atoms with E-state index in [4.69, 9.17) is 0 Å². The highest BCUT2D eigenvalue weighted by atomic mass is 19.1. The molecule has 4 heteroatoms. The maximum absolute atomic E-state index is 14.1. The van der Waals surface area contributed by atoms with Gasteiger partial charge in [0.1, 0.15) is 5.82 Å². The topological polar surface area (TPSA) is 38.7 Å². The molecule has 0 saturated carbocycles. The molecule has 28 heavy (non-hydrogen) atoms. The molecule has 146 valence electrons. The summed E-state index contributed by atoms with van der Waals surface area (Å²) in [5.41, 5.74) is 8.31. The van der Waals surface area contributed by atoms with Crippen LogP contribution in [0.3, 0.4) is 0 Å². The first kappa shape index (κ1) is 20.1. The van der Waals surface area contributed by atoms with Gasteiger partial charge in [0, 0.05) is 42.8 Å². The van der Waals surface area contributed by atoms with Crippen LogP contribution in [-0.2, 0) is 32.1 Å². The first-order chi connectivity index (χ1) is 13.5. The van der Waals surface area contributed by atoms with E-state index in [9.17, 15) is 4.39 Å². The molecule has 0 saturated heterocycles. The van der Waals surface area contributed by atoms with Crippen molar-refractivity contribution in [3.8, 4) is 0 Å². The Morgan fingerprint density at radius 2 is 1.18 bits per heavy atom. The van der Waals surface area contributed by atoms with Gasteiger partial charge in [0.15, 0.2) is 0 Å². The Labute approximate surface area is 167 Å². The van der Waals surface area contributed by atoms with Gasteiger partial charge in [-0.15, -0.1) is 0 Å². The summed E-state index contributed by atoms with van der Waals surface area (Å²) >= 11 is 0. The van der Waals surface area contributed by atoms with E-state index < -0.39 is 0 Å². The van der Waals surface area contributed by atoms with Gasteiger partial charge >= 0.3 is 0 Å². The van der Waals surface area contributed by atoms with Crippen molar-refractivity contribution in [1.82, 2.24) is 15.0 Å². The zero-order valence-corrected chi connectivity index (χ0v) is 17.2. The number of hydrogen-bond acceptors (Lipinski definition) is 3. The van der Waals surface area contributed by atoms with Crippen molar-refractivity contribution in [1.29, 1.82) is 0 Å². The third-order valence-corrected chi connectivity index (χ3v) is 5.08. The molecule has 0 N–H and O–H groups in total. The van der Waals surface area contributed by atoms with Gasteiger partial charge in [-0.05, 0) is 60.1 Å². The second kappa shape index (κ2) is 9.05. The molecule has 0 aromatic carbocycles. The lowest BCUT2D eigenvalue weighted by Gasteiger charge is -2.12. The maximum Gasteiger partial charge on any atom is 0.144 e. The van der Waals surface area contributed by atoms with Crippen LogP contribution < -0.4 is 0 Å². The predicted molar refractivity (Wildman–Crippen MR) is 111 cm³/mol. The summed E-state index contributed by atoms with van der Waals surface area (Å²) in [7, 11) is 0. The van der Waals surface area contributed by atoms with E-state index in [1.165, 1.54) is 11.1 Å². The van der Waals surface area contributed by atoms with Crippen LogP contribution in [0.15, 0.2) is 36.8 Å². The molecule has 0 radical (unpaired) electrons. The van der Waals surface area contributed by atoms with Gasteiger partial charge in [-0.1, -0.05) is 32.9 Å². The molecule has 3 aromatic heterocycles. The number of pyridine rings is 3. The van der Waals surface area contributed by atoms with Crippen molar-refractivity contribution < 1.29 is 4.39 Å². The lowest BCUT2D eigenvalue weighted by molar-refractivity contribution is 0.599. The molecular formula is C24H28FN3. The van der Waals surface area contributed by atoms with Gasteiger partial charge in [0.25, 0.3) is 0 Å². The van der Waals surface area contributed by atoms with Crippen LogP contribution in [0.1, 0.15) is 65.7 Å². The summed E-state index contributed by atoms with van der Waals surface area (Å²) in [6.07, 6.45) is 9.49. The van der Waals surface area contributed by atoms with Crippen LogP contribution in [0.4, 0.5) is 4.39 Å². The molecule has 0 atom stereocenters. The molecule has 0 spiro atoms. The van der Waals surface area contributed by atoms with Crippen LogP contribution >= 0.6 is 0 Å². The number of aromatic nitrogens is 3. The van der Waals surface area contributed by atoms with Crippen LogP contribution in [0.25, 0.3) is 0 Å². The van der Waals surface area contributed by atoms with Gasteiger partial charge in [-0.3, -0.25) is 15.0 Å². The molecule has 0 aliphatic rings. The second-order valence-corrected chi connectivity index (χ2v) is 7.25. The molecule has 3 aromatic rings. The summed E-state index contributed by atoms with van der Waals surface area (Å²) in [5.74, 6) is -0.222. The standard InChI is InChI=1S/C24H28FN3/c1-5-22-19(8-16(4)13-26-22)9-17-10-20(23(6-2)27-14-17)11-18-12-21(25)24(7-3)28-15-18/h8,10,12-15H,5-7,9,11H2,1-4H3. The monoisotopic (exact) mass is 377 g/mol. The fraction of sp³-hybridized carbons (Fsp3) is 0.375. The Kier molecular flexibility index (Phi) is 6.50. The van der Waals surface area contributed by atoms with E-state index in [-0.39, 0.29) is 5.82 Å². The third kappa shape index (κ3) is 4.61. The van der Waals surface area contributed by atoms with Crippen LogP contribution in [0.5, 0.6) is 0 Å². The fourth-order valence-electron chi connectivity index (χ4n) is 3.59. The summed E-state index contributed by atoms with van der Waals surface area (Å²) in [6, 6.07) is 6.03. The van der Waals surface area contributed by atoms with E-state index in [2.05, 4.69) is 47.9 Å². The average molecular weight is 378 g/mol. The highest BCUT2D eigenvalue weighted by Crippen LogP contribution is 2.20. The van der Waals surface area contributed by atoms with E-state index in [1.807, 2.05) is 19.3 Å². The molecule has 3 nitrogen and oxygen atoms in total.